The zero-order valence-corrected chi connectivity index (χ0v) is 15.8. The van der Waals surface area contributed by atoms with E-state index in [9.17, 15) is 5.11 Å². The molecule has 1 aromatic rings. The van der Waals surface area contributed by atoms with Crippen molar-refractivity contribution in [1.29, 1.82) is 0 Å². The molecule has 1 saturated heterocycles. The van der Waals surface area contributed by atoms with Crippen molar-refractivity contribution in [3.05, 3.63) is 28.2 Å². The lowest BCUT2D eigenvalue weighted by Gasteiger charge is -2.45. The topological polar surface area (TPSA) is 23.5 Å². The van der Waals surface area contributed by atoms with Crippen molar-refractivity contribution < 1.29 is 5.11 Å². The highest BCUT2D eigenvalue weighted by Crippen LogP contribution is 2.41. The fourth-order valence-corrected chi connectivity index (χ4v) is 3.83. The lowest BCUT2D eigenvalue weighted by molar-refractivity contribution is 0.109. The van der Waals surface area contributed by atoms with Gasteiger partial charge in [0.05, 0.1) is 4.47 Å². The zero-order chi connectivity index (χ0) is 16.2. The highest BCUT2D eigenvalue weighted by atomic mass is 79.9. The Morgan fingerprint density at radius 1 is 1.32 bits per heavy atom. The summed E-state index contributed by atoms with van der Waals surface area (Å²) < 4.78 is 0.779. The number of phenols is 1. The van der Waals surface area contributed by atoms with Crippen molar-refractivity contribution in [2.75, 3.05) is 19.6 Å². The molecule has 0 radical (unpaired) electrons. The SMILES string of the molecule is CCCCCCN1CCC(C)(c2ccc(Br)c(O)c2)C(C)C1. The van der Waals surface area contributed by atoms with Crippen LogP contribution in [0.25, 0.3) is 0 Å². The molecule has 0 spiro atoms. The number of hydrogen-bond acceptors (Lipinski definition) is 2. The van der Waals surface area contributed by atoms with Crippen LogP contribution in [0.4, 0.5) is 0 Å². The standard InChI is InChI=1S/C19H30BrNO/c1-4-5-6-7-11-21-12-10-19(3,15(2)14-21)16-8-9-17(20)18(22)13-16/h8-9,13,15,22H,4-7,10-12,14H2,1-3H3. The van der Waals surface area contributed by atoms with Crippen LogP contribution in [-0.2, 0) is 5.41 Å². The molecule has 124 valence electrons. The summed E-state index contributed by atoms with van der Waals surface area (Å²) >= 11 is 3.38. The molecule has 1 heterocycles. The summed E-state index contributed by atoms with van der Waals surface area (Å²) in [5.41, 5.74) is 1.43. The molecule has 0 bridgehead atoms. The Morgan fingerprint density at radius 2 is 2.09 bits per heavy atom. The molecule has 1 aliphatic rings. The highest BCUT2D eigenvalue weighted by molar-refractivity contribution is 9.10. The van der Waals surface area contributed by atoms with Gasteiger partial charge in [-0.05, 0) is 70.9 Å². The van der Waals surface area contributed by atoms with Gasteiger partial charge in [0, 0.05) is 6.54 Å². The van der Waals surface area contributed by atoms with E-state index in [2.05, 4.69) is 47.7 Å². The lowest BCUT2D eigenvalue weighted by Crippen LogP contribution is -2.47. The Bertz CT molecular complexity index is 490. The first-order chi connectivity index (χ1) is 10.5. The van der Waals surface area contributed by atoms with Gasteiger partial charge in [0.1, 0.15) is 5.75 Å². The van der Waals surface area contributed by atoms with Crippen LogP contribution < -0.4 is 0 Å². The van der Waals surface area contributed by atoms with E-state index in [1.807, 2.05) is 12.1 Å². The van der Waals surface area contributed by atoms with Gasteiger partial charge >= 0.3 is 0 Å². The molecule has 2 nitrogen and oxygen atoms in total. The number of piperidine rings is 1. The zero-order valence-electron chi connectivity index (χ0n) is 14.2. The van der Waals surface area contributed by atoms with E-state index in [0.717, 1.165) is 4.47 Å². The number of rotatable bonds is 6. The summed E-state index contributed by atoms with van der Waals surface area (Å²) in [6.07, 6.45) is 6.53. The Morgan fingerprint density at radius 3 is 2.73 bits per heavy atom. The summed E-state index contributed by atoms with van der Waals surface area (Å²) in [6, 6.07) is 6.08. The van der Waals surface area contributed by atoms with Crippen LogP contribution in [0, 0.1) is 5.92 Å². The van der Waals surface area contributed by atoms with Crippen LogP contribution in [0.3, 0.4) is 0 Å². The number of likely N-dealkylation sites (tertiary alicyclic amines) is 1. The summed E-state index contributed by atoms with van der Waals surface area (Å²) in [4.78, 5) is 2.63. The van der Waals surface area contributed by atoms with Crippen molar-refractivity contribution in [2.45, 2.75) is 58.3 Å². The number of benzene rings is 1. The fourth-order valence-electron chi connectivity index (χ4n) is 3.58. The second kappa shape index (κ2) is 7.83. The van der Waals surface area contributed by atoms with Gasteiger partial charge in [-0.1, -0.05) is 46.1 Å². The molecule has 2 atom stereocenters. The molecule has 1 aromatic carbocycles. The van der Waals surface area contributed by atoms with Gasteiger partial charge in [0.25, 0.3) is 0 Å². The lowest BCUT2D eigenvalue weighted by atomic mass is 9.68. The largest absolute Gasteiger partial charge is 0.507 e. The van der Waals surface area contributed by atoms with Crippen LogP contribution in [-0.4, -0.2) is 29.6 Å². The van der Waals surface area contributed by atoms with E-state index in [0.29, 0.717) is 11.7 Å². The van der Waals surface area contributed by atoms with Gasteiger partial charge < -0.3 is 10.0 Å². The number of nitrogens with zero attached hydrogens (tertiary/aromatic N) is 1. The second-order valence-electron chi connectivity index (χ2n) is 7.10. The molecule has 1 aliphatic heterocycles. The van der Waals surface area contributed by atoms with Gasteiger partial charge in [-0.15, -0.1) is 0 Å². The summed E-state index contributed by atoms with van der Waals surface area (Å²) in [5, 5.41) is 9.99. The molecule has 2 rings (SSSR count). The third-order valence-corrected chi connectivity index (χ3v) is 6.17. The second-order valence-corrected chi connectivity index (χ2v) is 7.95. The van der Waals surface area contributed by atoms with Crippen LogP contribution in [0.1, 0.15) is 58.4 Å². The first-order valence-electron chi connectivity index (χ1n) is 8.68. The smallest absolute Gasteiger partial charge is 0.130 e. The van der Waals surface area contributed by atoms with E-state index >= 15 is 0 Å². The van der Waals surface area contributed by atoms with E-state index in [-0.39, 0.29) is 5.41 Å². The number of unbranched alkanes of at least 4 members (excludes halogenated alkanes) is 3. The van der Waals surface area contributed by atoms with E-state index in [1.54, 1.807) is 0 Å². The average molecular weight is 368 g/mol. The molecule has 0 saturated carbocycles. The molecule has 1 fully saturated rings. The summed E-state index contributed by atoms with van der Waals surface area (Å²) in [6.45, 7) is 10.6. The van der Waals surface area contributed by atoms with Gasteiger partial charge in [-0.25, -0.2) is 0 Å². The minimum atomic E-state index is 0.165. The summed E-state index contributed by atoms with van der Waals surface area (Å²) in [7, 11) is 0. The van der Waals surface area contributed by atoms with E-state index < -0.39 is 0 Å². The number of phenolic OH excluding ortho intramolecular Hbond substituents is 1. The molecular weight excluding hydrogens is 338 g/mol. The Hall–Kier alpha value is -0.540. The molecule has 3 heteroatoms. The van der Waals surface area contributed by atoms with Crippen molar-refractivity contribution in [2.24, 2.45) is 5.92 Å². The third-order valence-electron chi connectivity index (χ3n) is 5.50. The normalized spacial score (nSPS) is 26.3. The molecule has 2 unspecified atom stereocenters. The maximum Gasteiger partial charge on any atom is 0.130 e. The molecule has 0 aromatic heterocycles. The monoisotopic (exact) mass is 367 g/mol. The van der Waals surface area contributed by atoms with Gasteiger partial charge in [-0.3, -0.25) is 0 Å². The van der Waals surface area contributed by atoms with E-state index in [4.69, 9.17) is 0 Å². The Balaban J connectivity index is 1.98. The molecule has 0 amide bonds. The minimum Gasteiger partial charge on any atom is -0.507 e. The van der Waals surface area contributed by atoms with Gasteiger partial charge in [0.15, 0.2) is 0 Å². The maximum atomic E-state index is 9.99. The van der Waals surface area contributed by atoms with Crippen molar-refractivity contribution in [1.82, 2.24) is 4.90 Å². The van der Waals surface area contributed by atoms with Crippen LogP contribution in [0.2, 0.25) is 0 Å². The quantitative estimate of drug-likeness (QED) is 0.686. The fraction of sp³-hybridized carbons (Fsp3) is 0.684. The predicted octanol–water partition coefficient (Wildman–Crippen LogP) is 5.33. The van der Waals surface area contributed by atoms with Gasteiger partial charge in [0.2, 0.25) is 0 Å². The number of hydrogen-bond donors (Lipinski definition) is 1. The van der Waals surface area contributed by atoms with Gasteiger partial charge in [-0.2, -0.15) is 0 Å². The van der Waals surface area contributed by atoms with Crippen molar-refractivity contribution >= 4 is 15.9 Å². The van der Waals surface area contributed by atoms with Crippen molar-refractivity contribution in [3.63, 3.8) is 0 Å². The highest BCUT2D eigenvalue weighted by Gasteiger charge is 2.38. The van der Waals surface area contributed by atoms with Crippen LogP contribution in [0.5, 0.6) is 5.75 Å². The Kier molecular flexibility index (Phi) is 6.34. The van der Waals surface area contributed by atoms with Crippen LogP contribution in [0.15, 0.2) is 22.7 Å². The molecular formula is C19H30BrNO. The third kappa shape index (κ3) is 4.05. The van der Waals surface area contributed by atoms with E-state index in [1.165, 1.54) is 57.3 Å². The summed E-state index contributed by atoms with van der Waals surface area (Å²) in [5.74, 6) is 0.959. The molecule has 1 N–H and O–H groups in total. The predicted molar refractivity (Wildman–Crippen MR) is 97.5 cm³/mol. The Labute approximate surface area is 144 Å². The number of aromatic hydroxyl groups is 1. The maximum absolute atomic E-state index is 9.99. The average Bonchev–Trinajstić information content (AvgIpc) is 2.50. The first-order valence-corrected chi connectivity index (χ1v) is 9.48. The number of halogens is 1. The minimum absolute atomic E-state index is 0.165. The first kappa shape index (κ1) is 17.8. The van der Waals surface area contributed by atoms with Crippen LogP contribution >= 0.6 is 15.9 Å². The molecule has 0 aliphatic carbocycles. The molecule has 22 heavy (non-hydrogen) atoms. The van der Waals surface area contributed by atoms with Crippen molar-refractivity contribution in [3.8, 4) is 5.75 Å².